The summed E-state index contributed by atoms with van der Waals surface area (Å²) in [6.07, 6.45) is 0.0252. The Hall–Kier alpha value is -6.84. The Morgan fingerprint density at radius 1 is 0.346 bits per heavy atom. The zero-order valence-electron chi connectivity index (χ0n) is 28.5. The molecule has 1 unspecified atom stereocenters. The fourth-order valence-corrected chi connectivity index (χ4v) is 7.84. The molecule has 8 aromatic carbocycles. The van der Waals surface area contributed by atoms with Gasteiger partial charge in [0.25, 0.3) is 0 Å². The normalized spacial score (nSPS) is 13.7. The minimum Gasteiger partial charge on any atom is -0.359 e. The molecule has 0 bridgehead atoms. The van der Waals surface area contributed by atoms with E-state index in [2.05, 4.69) is 215 Å². The highest BCUT2D eigenvalue weighted by Crippen LogP contribution is 2.46. The molecular formula is C49H35N3. The van der Waals surface area contributed by atoms with Crippen molar-refractivity contribution in [1.29, 1.82) is 0 Å². The molecular weight excluding hydrogens is 631 g/mol. The summed E-state index contributed by atoms with van der Waals surface area (Å²) in [4.78, 5) is 2.38. The average molecular weight is 666 g/mol. The molecule has 0 amide bonds. The standard InChI is InChI=1S/C49H35N3/c1-2-10-41(11-3-1)52-48-17-9-6-14-45(48)50-49(52)40-28-26-38(27-29-40)36-20-18-34(19-21-36)35-22-24-37(25-23-35)39-30-32-42(33-31-39)51-46-15-7-4-12-43(46)44-13-5-8-16-47(44)51/h1-33,49-50H. The molecule has 0 saturated heterocycles. The van der Waals surface area contributed by atoms with Crippen molar-refractivity contribution >= 4 is 38.9 Å². The van der Waals surface area contributed by atoms with Gasteiger partial charge in [0.1, 0.15) is 6.17 Å². The summed E-state index contributed by atoms with van der Waals surface area (Å²) in [7, 11) is 0. The van der Waals surface area contributed by atoms with Gasteiger partial charge >= 0.3 is 0 Å². The van der Waals surface area contributed by atoms with E-state index >= 15 is 0 Å². The molecule has 0 saturated carbocycles. The Morgan fingerprint density at radius 3 is 1.31 bits per heavy atom. The quantitative estimate of drug-likeness (QED) is 0.191. The summed E-state index contributed by atoms with van der Waals surface area (Å²) < 4.78 is 2.36. The van der Waals surface area contributed by atoms with E-state index in [0.717, 1.165) is 5.69 Å². The van der Waals surface area contributed by atoms with Crippen LogP contribution >= 0.6 is 0 Å². The van der Waals surface area contributed by atoms with Crippen LogP contribution in [0.15, 0.2) is 200 Å². The Labute approximate surface area is 303 Å². The van der Waals surface area contributed by atoms with Crippen molar-refractivity contribution in [3.8, 4) is 39.1 Å². The number of anilines is 3. The number of benzene rings is 8. The molecule has 9 aromatic rings. The Balaban J connectivity index is 0.863. The van der Waals surface area contributed by atoms with Crippen LogP contribution in [-0.4, -0.2) is 4.57 Å². The fraction of sp³-hybridized carbons (Fsp3) is 0.0204. The van der Waals surface area contributed by atoms with E-state index in [0.29, 0.717) is 0 Å². The minimum absolute atomic E-state index is 0.0252. The molecule has 3 heteroatoms. The number of hydrogen-bond acceptors (Lipinski definition) is 2. The van der Waals surface area contributed by atoms with E-state index in [1.54, 1.807) is 0 Å². The third kappa shape index (κ3) is 5.14. The molecule has 1 aliphatic heterocycles. The summed E-state index contributed by atoms with van der Waals surface area (Å²) in [5.74, 6) is 0. The molecule has 0 fully saturated rings. The summed E-state index contributed by atoms with van der Waals surface area (Å²) in [5, 5.41) is 6.30. The first-order valence-electron chi connectivity index (χ1n) is 17.9. The molecule has 3 nitrogen and oxygen atoms in total. The highest BCUT2D eigenvalue weighted by molar-refractivity contribution is 6.09. The maximum Gasteiger partial charge on any atom is 0.130 e. The first-order chi connectivity index (χ1) is 25.8. The van der Waals surface area contributed by atoms with Gasteiger partial charge < -0.3 is 14.8 Å². The van der Waals surface area contributed by atoms with Crippen molar-refractivity contribution in [2.24, 2.45) is 0 Å². The molecule has 246 valence electrons. The van der Waals surface area contributed by atoms with Crippen LogP contribution in [0.1, 0.15) is 11.7 Å². The van der Waals surface area contributed by atoms with E-state index in [1.807, 2.05) is 0 Å². The first kappa shape index (κ1) is 30.0. The van der Waals surface area contributed by atoms with Crippen LogP contribution in [0.5, 0.6) is 0 Å². The summed E-state index contributed by atoms with van der Waals surface area (Å²) >= 11 is 0. The zero-order chi connectivity index (χ0) is 34.4. The third-order valence-electron chi connectivity index (χ3n) is 10.5. The predicted molar refractivity (Wildman–Crippen MR) is 218 cm³/mol. The van der Waals surface area contributed by atoms with Crippen LogP contribution in [0.2, 0.25) is 0 Å². The van der Waals surface area contributed by atoms with Crippen molar-refractivity contribution in [2.75, 3.05) is 10.2 Å². The molecule has 1 aliphatic rings. The SMILES string of the molecule is c1ccc(N2c3ccccc3NC2c2ccc(-c3ccc(-c4ccc(-c5ccc(-n6c7ccccc7c7ccccc76)cc5)cc4)cc3)cc2)cc1. The van der Waals surface area contributed by atoms with Gasteiger partial charge in [0.15, 0.2) is 0 Å². The minimum atomic E-state index is 0.0252. The number of nitrogens with one attached hydrogen (secondary N) is 1. The number of rotatable bonds is 6. The smallest absolute Gasteiger partial charge is 0.130 e. The monoisotopic (exact) mass is 665 g/mol. The van der Waals surface area contributed by atoms with Gasteiger partial charge in [0.2, 0.25) is 0 Å². The van der Waals surface area contributed by atoms with Gasteiger partial charge in [0, 0.05) is 22.1 Å². The topological polar surface area (TPSA) is 20.2 Å². The van der Waals surface area contributed by atoms with E-state index in [9.17, 15) is 0 Å². The van der Waals surface area contributed by atoms with Gasteiger partial charge in [-0.3, -0.25) is 0 Å². The van der Waals surface area contributed by atoms with Crippen LogP contribution in [0.3, 0.4) is 0 Å². The number of fused-ring (bicyclic) bond motifs is 4. The lowest BCUT2D eigenvalue weighted by atomic mass is 9.97. The Bertz CT molecular complexity index is 2620. The van der Waals surface area contributed by atoms with Gasteiger partial charge in [-0.15, -0.1) is 0 Å². The Morgan fingerprint density at radius 2 is 0.769 bits per heavy atom. The molecule has 1 atom stereocenters. The predicted octanol–water partition coefficient (Wildman–Crippen LogP) is 13.0. The van der Waals surface area contributed by atoms with Crippen molar-refractivity contribution in [1.82, 2.24) is 4.57 Å². The lowest BCUT2D eigenvalue weighted by Crippen LogP contribution is -2.23. The molecule has 2 heterocycles. The van der Waals surface area contributed by atoms with Gasteiger partial charge in [-0.2, -0.15) is 0 Å². The van der Waals surface area contributed by atoms with Crippen molar-refractivity contribution in [3.05, 3.63) is 206 Å². The number of nitrogens with zero attached hydrogens (tertiary/aromatic N) is 2. The molecule has 0 radical (unpaired) electrons. The Kier molecular flexibility index (Phi) is 7.21. The molecule has 10 rings (SSSR count). The highest BCUT2D eigenvalue weighted by atomic mass is 15.3. The highest BCUT2D eigenvalue weighted by Gasteiger charge is 2.30. The molecule has 1 N–H and O–H groups in total. The van der Waals surface area contributed by atoms with Gasteiger partial charge in [-0.05, 0) is 87.5 Å². The van der Waals surface area contributed by atoms with Gasteiger partial charge in [-0.1, -0.05) is 152 Å². The number of para-hydroxylation sites is 5. The summed E-state index contributed by atoms with van der Waals surface area (Å²) in [6, 6.07) is 72.2. The maximum absolute atomic E-state index is 3.74. The largest absolute Gasteiger partial charge is 0.359 e. The van der Waals surface area contributed by atoms with Crippen LogP contribution in [0.25, 0.3) is 60.9 Å². The van der Waals surface area contributed by atoms with Crippen molar-refractivity contribution in [3.63, 3.8) is 0 Å². The summed E-state index contributed by atoms with van der Waals surface area (Å²) in [6.45, 7) is 0. The second kappa shape index (κ2) is 12.5. The average Bonchev–Trinajstić information content (AvgIpc) is 3.78. The van der Waals surface area contributed by atoms with E-state index in [4.69, 9.17) is 0 Å². The van der Waals surface area contributed by atoms with Crippen molar-refractivity contribution in [2.45, 2.75) is 6.17 Å². The molecule has 52 heavy (non-hydrogen) atoms. The third-order valence-corrected chi connectivity index (χ3v) is 10.5. The second-order valence-corrected chi connectivity index (χ2v) is 13.5. The van der Waals surface area contributed by atoms with E-state index in [-0.39, 0.29) is 6.17 Å². The van der Waals surface area contributed by atoms with Crippen molar-refractivity contribution < 1.29 is 0 Å². The van der Waals surface area contributed by atoms with Gasteiger partial charge in [-0.25, -0.2) is 0 Å². The van der Waals surface area contributed by atoms with Crippen LogP contribution in [0.4, 0.5) is 17.1 Å². The number of aromatic nitrogens is 1. The van der Waals surface area contributed by atoms with Crippen LogP contribution < -0.4 is 10.2 Å². The van der Waals surface area contributed by atoms with Gasteiger partial charge in [0.05, 0.1) is 22.4 Å². The second-order valence-electron chi connectivity index (χ2n) is 13.5. The van der Waals surface area contributed by atoms with Crippen LogP contribution in [0, 0.1) is 0 Å². The molecule has 0 spiro atoms. The molecule has 1 aromatic heterocycles. The zero-order valence-corrected chi connectivity index (χ0v) is 28.5. The van der Waals surface area contributed by atoms with E-state index < -0.39 is 0 Å². The lowest BCUT2D eigenvalue weighted by molar-refractivity contribution is 0.828. The number of hydrogen-bond donors (Lipinski definition) is 1. The molecule has 0 aliphatic carbocycles. The lowest BCUT2D eigenvalue weighted by Gasteiger charge is -2.27. The fourth-order valence-electron chi connectivity index (χ4n) is 7.84. The first-order valence-corrected chi connectivity index (χ1v) is 17.9. The summed E-state index contributed by atoms with van der Waals surface area (Å²) in [5.41, 5.74) is 15.6. The maximum atomic E-state index is 3.74. The van der Waals surface area contributed by atoms with Crippen LogP contribution in [-0.2, 0) is 0 Å². The van der Waals surface area contributed by atoms with E-state index in [1.165, 1.54) is 77.8 Å².